The molecular weight excluding hydrogens is 322 g/mol. The van der Waals surface area contributed by atoms with Crippen LogP contribution in [0.5, 0.6) is 5.75 Å². The number of ether oxygens (including phenoxy) is 1. The van der Waals surface area contributed by atoms with Crippen molar-refractivity contribution in [3.63, 3.8) is 0 Å². The van der Waals surface area contributed by atoms with Crippen LogP contribution in [-0.2, 0) is 0 Å². The molecule has 1 atom stereocenters. The van der Waals surface area contributed by atoms with E-state index in [0.717, 1.165) is 4.47 Å². The Balaban J connectivity index is 2.91. The minimum Gasteiger partial charge on any atom is -0.490 e. The number of hydrogen-bond donors (Lipinski definition) is 1. The summed E-state index contributed by atoms with van der Waals surface area (Å²) in [6.07, 6.45) is 0.138. The third-order valence-corrected chi connectivity index (χ3v) is 3.26. The molecule has 1 unspecified atom stereocenters. The Morgan fingerprint density at radius 2 is 2.05 bits per heavy atom. The second-order valence-corrected chi connectivity index (χ2v) is 6.09. The van der Waals surface area contributed by atoms with Crippen LogP contribution in [0.1, 0.15) is 37.6 Å². The number of benzene rings is 1. The van der Waals surface area contributed by atoms with E-state index >= 15 is 0 Å². The molecule has 0 saturated carbocycles. The number of aliphatic hydroxyl groups is 1. The Hall–Kier alpha value is -1.07. The SMILES string of the molecule is CC(O)CCN(C)C(=O)c1ccc(Br)cc1OC(C)C. The fourth-order valence-corrected chi connectivity index (χ4v) is 2.05. The third kappa shape index (κ3) is 5.13. The van der Waals surface area contributed by atoms with E-state index in [0.29, 0.717) is 24.3 Å². The number of hydrogen-bond acceptors (Lipinski definition) is 3. The van der Waals surface area contributed by atoms with Crippen molar-refractivity contribution in [2.75, 3.05) is 13.6 Å². The number of amides is 1. The van der Waals surface area contributed by atoms with Crippen molar-refractivity contribution >= 4 is 21.8 Å². The van der Waals surface area contributed by atoms with Gasteiger partial charge in [0, 0.05) is 18.1 Å². The zero-order valence-electron chi connectivity index (χ0n) is 12.4. The van der Waals surface area contributed by atoms with Crippen molar-refractivity contribution in [2.45, 2.75) is 39.4 Å². The molecule has 0 bridgehead atoms. The maximum Gasteiger partial charge on any atom is 0.257 e. The number of nitrogens with zero attached hydrogens (tertiary/aromatic N) is 1. The van der Waals surface area contributed by atoms with Crippen LogP contribution >= 0.6 is 15.9 Å². The van der Waals surface area contributed by atoms with Crippen LogP contribution in [0, 0.1) is 0 Å². The molecule has 112 valence electrons. The summed E-state index contributed by atoms with van der Waals surface area (Å²) in [5.74, 6) is 0.470. The predicted molar refractivity (Wildman–Crippen MR) is 83.2 cm³/mol. The molecule has 1 N–H and O–H groups in total. The van der Waals surface area contributed by atoms with Gasteiger partial charge in [0.2, 0.25) is 0 Å². The lowest BCUT2D eigenvalue weighted by atomic mass is 10.1. The average molecular weight is 344 g/mol. The second-order valence-electron chi connectivity index (χ2n) is 5.17. The van der Waals surface area contributed by atoms with E-state index in [2.05, 4.69) is 15.9 Å². The highest BCUT2D eigenvalue weighted by atomic mass is 79.9. The van der Waals surface area contributed by atoms with Gasteiger partial charge in [-0.05, 0) is 45.4 Å². The summed E-state index contributed by atoms with van der Waals surface area (Å²) in [6.45, 7) is 6.07. The molecule has 0 aliphatic carbocycles. The van der Waals surface area contributed by atoms with Crippen LogP contribution in [-0.4, -0.2) is 41.7 Å². The van der Waals surface area contributed by atoms with Crippen molar-refractivity contribution in [1.82, 2.24) is 4.90 Å². The maximum absolute atomic E-state index is 12.4. The Morgan fingerprint density at radius 3 is 2.60 bits per heavy atom. The van der Waals surface area contributed by atoms with E-state index in [1.165, 1.54) is 0 Å². The highest BCUT2D eigenvalue weighted by molar-refractivity contribution is 9.10. The fourth-order valence-electron chi connectivity index (χ4n) is 1.71. The van der Waals surface area contributed by atoms with Gasteiger partial charge in [0.05, 0.1) is 17.8 Å². The van der Waals surface area contributed by atoms with Gasteiger partial charge in [-0.2, -0.15) is 0 Å². The summed E-state index contributed by atoms with van der Waals surface area (Å²) in [4.78, 5) is 14.0. The third-order valence-electron chi connectivity index (χ3n) is 2.77. The number of rotatable bonds is 6. The van der Waals surface area contributed by atoms with Crippen molar-refractivity contribution in [3.05, 3.63) is 28.2 Å². The van der Waals surface area contributed by atoms with Crippen LogP contribution in [0.3, 0.4) is 0 Å². The minimum atomic E-state index is -0.415. The fraction of sp³-hybridized carbons (Fsp3) is 0.533. The molecule has 5 heteroatoms. The number of aliphatic hydroxyl groups excluding tert-OH is 1. The number of carbonyl (C=O) groups excluding carboxylic acids is 1. The normalized spacial score (nSPS) is 12.3. The van der Waals surface area contributed by atoms with Crippen LogP contribution in [0.25, 0.3) is 0 Å². The lowest BCUT2D eigenvalue weighted by Crippen LogP contribution is -2.30. The Bertz CT molecular complexity index is 460. The Labute approximate surface area is 128 Å². The summed E-state index contributed by atoms with van der Waals surface area (Å²) >= 11 is 3.38. The first-order valence-corrected chi connectivity index (χ1v) is 7.50. The predicted octanol–water partition coefficient (Wildman–Crippen LogP) is 3.08. The first-order valence-electron chi connectivity index (χ1n) is 6.71. The van der Waals surface area contributed by atoms with Crippen LogP contribution in [0.4, 0.5) is 0 Å². The second kappa shape index (κ2) is 7.64. The first-order chi connectivity index (χ1) is 9.31. The topological polar surface area (TPSA) is 49.8 Å². The van der Waals surface area contributed by atoms with Crippen molar-refractivity contribution < 1.29 is 14.6 Å². The lowest BCUT2D eigenvalue weighted by molar-refractivity contribution is 0.0763. The maximum atomic E-state index is 12.4. The van der Waals surface area contributed by atoms with E-state index in [9.17, 15) is 9.90 Å². The molecular formula is C15H22BrNO3. The molecule has 1 aromatic carbocycles. The van der Waals surface area contributed by atoms with Crippen molar-refractivity contribution in [2.24, 2.45) is 0 Å². The monoisotopic (exact) mass is 343 g/mol. The van der Waals surface area contributed by atoms with Crippen molar-refractivity contribution in [3.8, 4) is 5.75 Å². The van der Waals surface area contributed by atoms with Gasteiger partial charge in [-0.15, -0.1) is 0 Å². The number of carbonyl (C=O) groups is 1. The van der Waals surface area contributed by atoms with Gasteiger partial charge >= 0.3 is 0 Å². The average Bonchev–Trinajstić information content (AvgIpc) is 2.34. The van der Waals surface area contributed by atoms with E-state index in [1.807, 2.05) is 19.9 Å². The van der Waals surface area contributed by atoms with Crippen molar-refractivity contribution in [1.29, 1.82) is 0 Å². The molecule has 1 amide bonds. The van der Waals surface area contributed by atoms with Gasteiger partial charge < -0.3 is 14.7 Å². The van der Waals surface area contributed by atoms with Crippen LogP contribution < -0.4 is 4.74 Å². The van der Waals surface area contributed by atoms with Gasteiger partial charge in [-0.1, -0.05) is 15.9 Å². The highest BCUT2D eigenvalue weighted by Crippen LogP contribution is 2.26. The zero-order chi connectivity index (χ0) is 15.3. The minimum absolute atomic E-state index is 0.00128. The lowest BCUT2D eigenvalue weighted by Gasteiger charge is -2.21. The molecule has 0 aliphatic heterocycles. The number of halogens is 1. The summed E-state index contributed by atoms with van der Waals surface area (Å²) in [6, 6.07) is 5.38. The quantitative estimate of drug-likeness (QED) is 0.863. The van der Waals surface area contributed by atoms with Gasteiger partial charge in [0.25, 0.3) is 5.91 Å². The molecule has 0 fully saturated rings. The standard InChI is InChI=1S/C15H22BrNO3/c1-10(2)20-14-9-12(16)5-6-13(14)15(19)17(4)8-7-11(3)18/h5-6,9-11,18H,7-8H2,1-4H3. The largest absolute Gasteiger partial charge is 0.490 e. The van der Waals surface area contributed by atoms with Crippen LogP contribution in [0.15, 0.2) is 22.7 Å². The zero-order valence-corrected chi connectivity index (χ0v) is 14.0. The summed E-state index contributed by atoms with van der Waals surface area (Å²) in [7, 11) is 1.73. The molecule has 0 radical (unpaired) electrons. The first kappa shape index (κ1) is 17.0. The summed E-state index contributed by atoms with van der Waals surface area (Å²) < 4.78 is 6.57. The van der Waals surface area contributed by atoms with E-state index in [4.69, 9.17) is 4.74 Å². The van der Waals surface area contributed by atoms with E-state index in [1.54, 1.807) is 31.0 Å². The van der Waals surface area contributed by atoms with Gasteiger partial charge in [-0.25, -0.2) is 0 Å². The highest BCUT2D eigenvalue weighted by Gasteiger charge is 2.18. The van der Waals surface area contributed by atoms with Gasteiger partial charge in [-0.3, -0.25) is 4.79 Å². The Morgan fingerprint density at radius 1 is 1.40 bits per heavy atom. The summed E-state index contributed by atoms with van der Waals surface area (Å²) in [5.41, 5.74) is 0.537. The molecule has 1 aromatic rings. The van der Waals surface area contributed by atoms with Gasteiger partial charge in [0.1, 0.15) is 5.75 Å². The van der Waals surface area contributed by atoms with Crippen LogP contribution in [0.2, 0.25) is 0 Å². The molecule has 0 aliphatic rings. The van der Waals surface area contributed by atoms with Gasteiger partial charge in [0.15, 0.2) is 0 Å². The van der Waals surface area contributed by atoms with E-state index < -0.39 is 6.10 Å². The molecule has 0 saturated heterocycles. The van der Waals surface area contributed by atoms with E-state index in [-0.39, 0.29) is 12.0 Å². The summed E-state index contributed by atoms with van der Waals surface area (Å²) in [5, 5.41) is 9.29. The molecule has 4 nitrogen and oxygen atoms in total. The molecule has 0 aromatic heterocycles. The molecule has 0 heterocycles. The molecule has 20 heavy (non-hydrogen) atoms. The molecule has 1 rings (SSSR count). The Kier molecular flexibility index (Phi) is 6.49. The smallest absolute Gasteiger partial charge is 0.257 e. The molecule has 0 spiro atoms.